The first kappa shape index (κ1) is 11.8. The number of aromatic nitrogens is 1. The molecule has 3 nitrogen and oxygen atoms in total. The number of aryl methyl sites for hydroxylation is 2. The number of fused-ring (bicyclic) bond motifs is 2. The van der Waals surface area contributed by atoms with Gasteiger partial charge in [-0.15, -0.1) is 0 Å². The van der Waals surface area contributed by atoms with Crippen LogP contribution in [0, 0.1) is 0 Å². The van der Waals surface area contributed by atoms with Gasteiger partial charge in [-0.25, -0.2) is 0 Å². The molecule has 0 saturated heterocycles. The minimum atomic E-state index is -0.113. The molecular formula is C15H21NO2. The maximum Gasteiger partial charge on any atom is 0.220 e. The van der Waals surface area contributed by atoms with E-state index in [4.69, 9.17) is 9.47 Å². The molecule has 2 aliphatic rings. The van der Waals surface area contributed by atoms with Gasteiger partial charge in [0.2, 0.25) is 11.8 Å². The van der Waals surface area contributed by atoms with E-state index in [2.05, 4.69) is 38.7 Å². The van der Waals surface area contributed by atoms with Gasteiger partial charge in [0.25, 0.3) is 0 Å². The van der Waals surface area contributed by atoms with Crippen molar-refractivity contribution >= 4 is 0 Å². The number of ether oxygens (including phenoxy) is 2. The van der Waals surface area contributed by atoms with Gasteiger partial charge in [0.05, 0.1) is 0 Å². The molecule has 0 aromatic carbocycles. The summed E-state index contributed by atoms with van der Waals surface area (Å²) >= 11 is 0. The van der Waals surface area contributed by atoms with Gasteiger partial charge in [0.1, 0.15) is 11.2 Å². The molecule has 2 aliphatic heterocycles. The summed E-state index contributed by atoms with van der Waals surface area (Å²) < 4.78 is 11.9. The monoisotopic (exact) mass is 247 g/mol. The van der Waals surface area contributed by atoms with E-state index in [1.165, 1.54) is 11.1 Å². The van der Waals surface area contributed by atoms with E-state index in [9.17, 15) is 0 Å². The zero-order valence-electron chi connectivity index (χ0n) is 11.7. The average Bonchev–Trinajstić information content (AvgIpc) is 2.24. The number of pyridine rings is 1. The quantitative estimate of drug-likeness (QED) is 0.705. The van der Waals surface area contributed by atoms with E-state index >= 15 is 0 Å². The van der Waals surface area contributed by atoms with Gasteiger partial charge in [-0.3, -0.25) is 0 Å². The lowest BCUT2D eigenvalue weighted by Crippen LogP contribution is -2.35. The van der Waals surface area contributed by atoms with Gasteiger partial charge in [-0.05, 0) is 59.4 Å². The first-order valence-electron chi connectivity index (χ1n) is 6.76. The fraction of sp³-hybridized carbons (Fsp3) is 0.667. The fourth-order valence-electron chi connectivity index (χ4n) is 2.60. The van der Waals surface area contributed by atoms with Gasteiger partial charge in [-0.2, -0.15) is 4.98 Å². The van der Waals surface area contributed by atoms with Crippen molar-refractivity contribution in [1.29, 1.82) is 0 Å². The predicted molar refractivity (Wildman–Crippen MR) is 70.3 cm³/mol. The molecular weight excluding hydrogens is 226 g/mol. The average molecular weight is 247 g/mol. The first-order valence-corrected chi connectivity index (χ1v) is 6.76. The summed E-state index contributed by atoms with van der Waals surface area (Å²) in [6.45, 7) is 8.45. The zero-order valence-corrected chi connectivity index (χ0v) is 11.7. The Morgan fingerprint density at radius 1 is 0.889 bits per heavy atom. The summed E-state index contributed by atoms with van der Waals surface area (Å²) in [6, 6.07) is 2.22. The largest absolute Gasteiger partial charge is 0.471 e. The fourth-order valence-corrected chi connectivity index (χ4v) is 2.60. The molecule has 0 radical (unpaired) electrons. The molecule has 98 valence electrons. The van der Waals surface area contributed by atoms with Crippen molar-refractivity contribution in [3.05, 3.63) is 17.2 Å². The molecule has 0 atom stereocenters. The second-order valence-corrected chi connectivity index (χ2v) is 6.64. The Bertz CT molecular complexity index is 450. The summed E-state index contributed by atoms with van der Waals surface area (Å²) in [5.41, 5.74) is 2.24. The zero-order chi connectivity index (χ0) is 13.0. The molecule has 1 aromatic rings. The Kier molecular flexibility index (Phi) is 2.38. The van der Waals surface area contributed by atoms with Crippen molar-refractivity contribution in [3.8, 4) is 11.8 Å². The van der Waals surface area contributed by atoms with Crippen LogP contribution in [0.1, 0.15) is 51.7 Å². The van der Waals surface area contributed by atoms with E-state index in [1.807, 2.05) is 0 Å². The van der Waals surface area contributed by atoms with Crippen LogP contribution in [0.5, 0.6) is 11.8 Å². The van der Waals surface area contributed by atoms with Crippen LogP contribution in [0.15, 0.2) is 6.07 Å². The molecule has 0 bridgehead atoms. The summed E-state index contributed by atoms with van der Waals surface area (Å²) in [7, 11) is 0. The Labute approximate surface area is 109 Å². The minimum Gasteiger partial charge on any atom is -0.471 e. The Morgan fingerprint density at radius 2 is 1.33 bits per heavy atom. The lowest BCUT2D eigenvalue weighted by atomic mass is 9.92. The number of nitrogens with zero attached hydrogens (tertiary/aromatic N) is 1. The van der Waals surface area contributed by atoms with Gasteiger partial charge in [0, 0.05) is 11.1 Å². The summed E-state index contributed by atoms with van der Waals surface area (Å²) in [6.07, 6.45) is 4.19. The van der Waals surface area contributed by atoms with Gasteiger partial charge >= 0.3 is 0 Å². The van der Waals surface area contributed by atoms with E-state index in [0.717, 1.165) is 37.4 Å². The highest BCUT2D eigenvalue weighted by molar-refractivity contribution is 5.41. The van der Waals surface area contributed by atoms with Crippen LogP contribution >= 0.6 is 0 Å². The highest BCUT2D eigenvalue weighted by atomic mass is 16.5. The van der Waals surface area contributed by atoms with Crippen LogP contribution in [0.3, 0.4) is 0 Å². The number of hydrogen-bond acceptors (Lipinski definition) is 3. The Morgan fingerprint density at radius 3 is 1.78 bits per heavy atom. The topological polar surface area (TPSA) is 31.4 Å². The normalized spacial score (nSPS) is 23.3. The molecule has 0 fully saturated rings. The summed E-state index contributed by atoms with van der Waals surface area (Å²) in [4.78, 5) is 4.60. The van der Waals surface area contributed by atoms with Crippen molar-refractivity contribution in [1.82, 2.24) is 4.98 Å². The molecule has 1 aromatic heterocycles. The van der Waals surface area contributed by atoms with Crippen molar-refractivity contribution in [3.63, 3.8) is 0 Å². The lowest BCUT2D eigenvalue weighted by Gasteiger charge is -2.35. The van der Waals surface area contributed by atoms with E-state index < -0.39 is 0 Å². The molecule has 0 aliphatic carbocycles. The van der Waals surface area contributed by atoms with Crippen LogP contribution in [-0.4, -0.2) is 16.2 Å². The SMILES string of the molecule is CC1(C)CCc2cc3c(nc2O1)OC(C)(C)CC3. The van der Waals surface area contributed by atoms with Crippen molar-refractivity contribution < 1.29 is 9.47 Å². The molecule has 3 rings (SSSR count). The van der Waals surface area contributed by atoms with Gasteiger partial charge in [-0.1, -0.05) is 0 Å². The lowest BCUT2D eigenvalue weighted by molar-refractivity contribution is 0.0617. The second-order valence-electron chi connectivity index (χ2n) is 6.64. The molecule has 18 heavy (non-hydrogen) atoms. The van der Waals surface area contributed by atoms with Crippen LogP contribution in [0.2, 0.25) is 0 Å². The van der Waals surface area contributed by atoms with Gasteiger partial charge in [0.15, 0.2) is 0 Å². The number of hydrogen-bond donors (Lipinski definition) is 0. The van der Waals surface area contributed by atoms with Crippen molar-refractivity contribution in [2.24, 2.45) is 0 Å². The van der Waals surface area contributed by atoms with Crippen molar-refractivity contribution in [2.45, 2.75) is 64.6 Å². The third kappa shape index (κ3) is 2.06. The van der Waals surface area contributed by atoms with E-state index in [-0.39, 0.29) is 11.2 Å². The third-order valence-electron chi connectivity index (χ3n) is 3.84. The summed E-state index contributed by atoms with van der Waals surface area (Å²) in [5, 5.41) is 0. The maximum atomic E-state index is 5.96. The molecule has 0 saturated carbocycles. The van der Waals surface area contributed by atoms with E-state index in [1.54, 1.807) is 0 Å². The second kappa shape index (κ2) is 3.62. The highest BCUT2D eigenvalue weighted by Crippen LogP contribution is 2.38. The standard InChI is InChI=1S/C15H21NO2/c1-14(2)7-5-10-9-11-6-8-15(3,4)18-13(11)16-12(10)17-14/h9H,5-8H2,1-4H3. The van der Waals surface area contributed by atoms with Crippen LogP contribution in [0.4, 0.5) is 0 Å². The van der Waals surface area contributed by atoms with Crippen LogP contribution in [0.25, 0.3) is 0 Å². The highest BCUT2D eigenvalue weighted by Gasteiger charge is 2.32. The molecule has 0 unspecified atom stereocenters. The van der Waals surface area contributed by atoms with Crippen LogP contribution < -0.4 is 9.47 Å². The summed E-state index contributed by atoms with van der Waals surface area (Å²) in [5.74, 6) is 1.53. The number of rotatable bonds is 0. The Balaban J connectivity index is 1.99. The maximum absolute atomic E-state index is 5.96. The predicted octanol–water partition coefficient (Wildman–Crippen LogP) is 3.29. The minimum absolute atomic E-state index is 0.113. The molecule has 3 heteroatoms. The van der Waals surface area contributed by atoms with Crippen LogP contribution in [-0.2, 0) is 12.8 Å². The van der Waals surface area contributed by atoms with Crippen molar-refractivity contribution in [2.75, 3.05) is 0 Å². The molecule has 0 spiro atoms. The molecule has 3 heterocycles. The molecule has 0 N–H and O–H groups in total. The van der Waals surface area contributed by atoms with Gasteiger partial charge < -0.3 is 9.47 Å². The smallest absolute Gasteiger partial charge is 0.220 e. The van der Waals surface area contributed by atoms with E-state index in [0.29, 0.717) is 0 Å². The molecule has 0 amide bonds. The third-order valence-corrected chi connectivity index (χ3v) is 3.84. The first-order chi connectivity index (χ1) is 8.35. The Hall–Kier alpha value is -1.25.